The number of ether oxygens (including phenoxy) is 1. The molecule has 0 saturated carbocycles. The first-order valence-corrected chi connectivity index (χ1v) is 9.20. The lowest BCUT2D eigenvalue weighted by atomic mass is 9.93. The molecule has 3 atom stereocenters. The summed E-state index contributed by atoms with van der Waals surface area (Å²) >= 11 is 0. The quantitative estimate of drug-likeness (QED) is 0.848. The van der Waals surface area contributed by atoms with Gasteiger partial charge in [-0.3, -0.25) is 14.6 Å². The predicted molar refractivity (Wildman–Crippen MR) is 95.1 cm³/mol. The monoisotopic (exact) mass is 370 g/mol. The summed E-state index contributed by atoms with van der Waals surface area (Å²) in [5.74, 6) is 0.798. The van der Waals surface area contributed by atoms with Crippen LogP contribution in [0.3, 0.4) is 0 Å². The van der Waals surface area contributed by atoms with Gasteiger partial charge in [0, 0.05) is 50.3 Å². The smallest absolute Gasteiger partial charge is 0.259 e. The second-order valence-electron chi connectivity index (χ2n) is 6.97. The first-order valence-electron chi connectivity index (χ1n) is 9.20. The van der Waals surface area contributed by atoms with Gasteiger partial charge < -0.3 is 19.5 Å². The number of rotatable bonds is 5. The number of fused-ring (bicyclic) bond motifs is 1. The third-order valence-corrected chi connectivity index (χ3v) is 5.37. The second kappa shape index (κ2) is 7.48. The summed E-state index contributed by atoms with van der Waals surface area (Å²) in [6, 6.07) is 3.47. The molecule has 4 rings (SSSR count). The highest BCUT2D eigenvalue weighted by Crippen LogP contribution is 2.34. The van der Waals surface area contributed by atoms with Gasteiger partial charge in [0.2, 0.25) is 0 Å². The molecule has 0 aromatic carbocycles. The van der Waals surface area contributed by atoms with Crippen LogP contribution in [0.4, 0.5) is 0 Å². The zero-order valence-corrected chi connectivity index (χ0v) is 15.1. The Bertz CT molecular complexity index is 822. The van der Waals surface area contributed by atoms with Gasteiger partial charge in [-0.1, -0.05) is 12.1 Å². The Morgan fingerprint density at radius 2 is 2.22 bits per heavy atom. The van der Waals surface area contributed by atoms with Gasteiger partial charge in [-0.05, 0) is 12.1 Å². The molecule has 2 aromatic heterocycles. The van der Waals surface area contributed by atoms with Gasteiger partial charge >= 0.3 is 0 Å². The highest BCUT2D eigenvalue weighted by atomic mass is 16.5. The lowest BCUT2D eigenvalue weighted by molar-refractivity contribution is 0.0673. The van der Waals surface area contributed by atoms with Crippen LogP contribution in [0.2, 0.25) is 0 Å². The lowest BCUT2D eigenvalue weighted by Gasteiger charge is -2.20. The van der Waals surface area contributed by atoms with Gasteiger partial charge in [0.1, 0.15) is 11.3 Å². The Morgan fingerprint density at radius 3 is 3.00 bits per heavy atom. The van der Waals surface area contributed by atoms with Crippen LogP contribution in [0, 0.1) is 11.8 Å². The van der Waals surface area contributed by atoms with E-state index in [2.05, 4.69) is 15.5 Å². The summed E-state index contributed by atoms with van der Waals surface area (Å²) in [5, 5.41) is 6.70. The number of amides is 2. The topological polar surface area (TPSA) is 97.6 Å². The number of hydrogen-bond donors (Lipinski definition) is 1. The maximum Gasteiger partial charge on any atom is 0.259 e. The van der Waals surface area contributed by atoms with Crippen LogP contribution < -0.4 is 5.32 Å². The van der Waals surface area contributed by atoms with Crippen LogP contribution in [0.1, 0.15) is 33.4 Å². The fraction of sp³-hybridized carbons (Fsp3) is 0.474. The summed E-state index contributed by atoms with van der Waals surface area (Å²) in [6.07, 6.45) is 5.31. The van der Waals surface area contributed by atoms with Crippen LogP contribution in [-0.4, -0.2) is 59.2 Å². The maximum atomic E-state index is 12.8. The summed E-state index contributed by atoms with van der Waals surface area (Å²) in [7, 11) is 0. The van der Waals surface area contributed by atoms with E-state index in [1.54, 1.807) is 29.4 Å². The minimum absolute atomic E-state index is 0.0131. The second-order valence-corrected chi connectivity index (χ2v) is 6.97. The van der Waals surface area contributed by atoms with Crippen molar-refractivity contribution in [2.45, 2.75) is 19.4 Å². The van der Waals surface area contributed by atoms with Gasteiger partial charge in [0.15, 0.2) is 0 Å². The largest absolute Gasteiger partial charge is 0.376 e. The highest BCUT2D eigenvalue weighted by Gasteiger charge is 2.45. The molecule has 2 aliphatic rings. The number of nitrogens with zero attached hydrogens (tertiary/aromatic N) is 3. The number of likely N-dealkylation sites (tertiary alicyclic amines) is 1. The van der Waals surface area contributed by atoms with E-state index < -0.39 is 0 Å². The van der Waals surface area contributed by atoms with Crippen molar-refractivity contribution < 1.29 is 18.8 Å². The van der Waals surface area contributed by atoms with Gasteiger partial charge in [-0.2, -0.15) is 0 Å². The Kier molecular flexibility index (Phi) is 4.89. The first kappa shape index (κ1) is 17.7. The molecular formula is C19H22N4O4. The Hall–Kier alpha value is -2.74. The lowest BCUT2D eigenvalue weighted by Crippen LogP contribution is -2.35. The molecule has 0 radical (unpaired) electrons. The zero-order chi connectivity index (χ0) is 18.8. The van der Waals surface area contributed by atoms with Crippen LogP contribution in [0.15, 0.2) is 35.2 Å². The van der Waals surface area contributed by atoms with Crippen molar-refractivity contribution in [1.82, 2.24) is 20.4 Å². The molecule has 142 valence electrons. The Balaban J connectivity index is 1.36. The third-order valence-electron chi connectivity index (χ3n) is 5.37. The summed E-state index contributed by atoms with van der Waals surface area (Å²) in [6.45, 7) is 4.22. The molecule has 2 amide bonds. The molecule has 1 N–H and O–H groups in total. The third kappa shape index (κ3) is 3.44. The molecule has 2 saturated heterocycles. The van der Waals surface area contributed by atoms with Gasteiger partial charge in [-0.15, -0.1) is 0 Å². The molecular weight excluding hydrogens is 348 g/mol. The number of pyridine rings is 1. The standard InChI is InChI=1S/C19H22N4O4/c1-2-16-14(8-22-27-16)19(25)23-9-15-13(11-26-17(15)10-23)7-21-18(24)12-4-3-5-20-6-12/h3-6,8,13,15,17H,2,7,9-11H2,1H3,(H,21,24)/t13-,15-,17-/m1/s1. The van der Waals surface area contributed by atoms with Crippen molar-refractivity contribution >= 4 is 11.8 Å². The molecule has 0 spiro atoms. The number of hydrogen-bond acceptors (Lipinski definition) is 6. The summed E-state index contributed by atoms with van der Waals surface area (Å²) in [5.41, 5.74) is 1.06. The van der Waals surface area contributed by atoms with Crippen molar-refractivity contribution in [2.75, 3.05) is 26.2 Å². The zero-order valence-electron chi connectivity index (χ0n) is 15.1. The number of carbonyl (C=O) groups excluding carboxylic acids is 2. The van der Waals surface area contributed by atoms with E-state index in [-0.39, 0.29) is 29.8 Å². The maximum absolute atomic E-state index is 12.8. The first-order chi connectivity index (χ1) is 13.2. The van der Waals surface area contributed by atoms with Crippen LogP contribution in [0.25, 0.3) is 0 Å². The minimum atomic E-state index is -0.144. The molecule has 8 heteroatoms. The molecule has 2 aliphatic heterocycles. The van der Waals surface area contributed by atoms with E-state index in [1.807, 2.05) is 6.92 Å². The fourth-order valence-corrected chi connectivity index (χ4v) is 3.86. The van der Waals surface area contributed by atoms with Crippen molar-refractivity contribution in [2.24, 2.45) is 11.8 Å². The van der Waals surface area contributed by atoms with E-state index in [1.165, 1.54) is 6.20 Å². The normalized spacial score (nSPS) is 24.0. The molecule has 0 unspecified atom stereocenters. The van der Waals surface area contributed by atoms with Crippen molar-refractivity contribution in [3.63, 3.8) is 0 Å². The van der Waals surface area contributed by atoms with Crippen LogP contribution in [-0.2, 0) is 11.2 Å². The molecule has 4 heterocycles. The van der Waals surface area contributed by atoms with E-state index in [9.17, 15) is 9.59 Å². The number of aryl methyl sites for hydroxylation is 1. The summed E-state index contributed by atoms with van der Waals surface area (Å²) < 4.78 is 11.0. The predicted octanol–water partition coefficient (Wildman–Crippen LogP) is 1.15. The van der Waals surface area contributed by atoms with E-state index in [0.717, 1.165) is 0 Å². The Morgan fingerprint density at radius 1 is 1.33 bits per heavy atom. The number of aromatic nitrogens is 2. The average molecular weight is 370 g/mol. The molecule has 0 bridgehead atoms. The van der Waals surface area contributed by atoms with E-state index in [4.69, 9.17) is 9.26 Å². The summed E-state index contributed by atoms with van der Waals surface area (Å²) in [4.78, 5) is 30.8. The molecule has 2 aromatic rings. The van der Waals surface area contributed by atoms with Crippen LogP contribution >= 0.6 is 0 Å². The van der Waals surface area contributed by atoms with Crippen molar-refractivity contribution in [3.05, 3.63) is 47.6 Å². The van der Waals surface area contributed by atoms with Crippen LogP contribution in [0.5, 0.6) is 0 Å². The number of carbonyl (C=O) groups is 2. The molecule has 2 fully saturated rings. The average Bonchev–Trinajstić information content (AvgIpc) is 3.41. The van der Waals surface area contributed by atoms with E-state index >= 15 is 0 Å². The minimum Gasteiger partial charge on any atom is -0.376 e. The van der Waals surface area contributed by atoms with Gasteiger partial charge in [0.25, 0.3) is 11.8 Å². The number of nitrogens with one attached hydrogen (secondary N) is 1. The van der Waals surface area contributed by atoms with Gasteiger partial charge in [-0.25, -0.2) is 0 Å². The molecule has 27 heavy (non-hydrogen) atoms. The molecule has 0 aliphatic carbocycles. The highest BCUT2D eigenvalue weighted by molar-refractivity contribution is 5.95. The van der Waals surface area contributed by atoms with Gasteiger partial charge in [0.05, 0.1) is 24.5 Å². The molecule has 8 nitrogen and oxygen atoms in total. The Labute approximate surface area is 156 Å². The van der Waals surface area contributed by atoms with Crippen molar-refractivity contribution in [3.8, 4) is 0 Å². The van der Waals surface area contributed by atoms with Crippen molar-refractivity contribution in [1.29, 1.82) is 0 Å². The fourth-order valence-electron chi connectivity index (χ4n) is 3.86. The van der Waals surface area contributed by atoms with E-state index in [0.29, 0.717) is 49.5 Å². The SMILES string of the molecule is CCc1oncc1C(=O)N1C[C@@H]2[C@H](CNC(=O)c3cccnc3)CO[C@@H]2C1.